The van der Waals surface area contributed by atoms with E-state index in [-0.39, 0.29) is 5.41 Å². The molecule has 1 aliphatic rings. The van der Waals surface area contributed by atoms with Gasteiger partial charge in [0.1, 0.15) is 5.84 Å². The Morgan fingerprint density at radius 1 is 1.50 bits per heavy atom. The van der Waals surface area contributed by atoms with Gasteiger partial charge in [0.25, 0.3) is 0 Å². The van der Waals surface area contributed by atoms with E-state index in [9.17, 15) is 0 Å². The van der Waals surface area contributed by atoms with Crippen LogP contribution in [0.1, 0.15) is 39.5 Å². The van der Waals surface area contributed by atoms with Crippen LogP contribution in [0.2, 0.25) is 0 Å². The van der Waals surface area contributed by atoms with Crippen LogP contribution in [0.15, 0.2) is 5.16 Å². The van der Waals surface area contributed by atoms with Crippen molar-refractivity contribution in [1.82, 2.24) is 4.90 Å². The average molecular weight is 257 g/mol. The smallest absolute Gasteiger partial charge is 0.144 e. The Morgan fingerprint density at radius 2 is 2.22 bits per heavy atom. The van der Waals surface area contributed by atoms with Gasteiger partial charge in [-0.1, -0.05) is 19.0 Å². The van der Waals surface area contributed by atoms with E-state index in [4.69, 9.17) is 16.0 Å². The second-order valence-electron chi connectivity index (χ2n) is 5.94. The molecule has 1 atom stereocenters. The fourth-order valence-corrected chi connectivity index (χ4v) is 2.54. The maximum atomic E-state index is 8.91. The summed E-state index contributed by atoms with van der Waals surface area (Å²) in [6.07, 6.45) is 4.09. The van der Waals surface area contributed by atoms with Crippen molar-refractivity contribution in [2.75, 3.05) is 26.2 Å². The van der Waals surface area contributed by atoms with Gasteiger partial charge in [-0.3, -0.25) is 0 Å². The van der Waals surface area contributed by atoms with E-state index in [1.165, 1.54) is 6.42 Å². The molecular weight excluding hydrogens is 230 g/mol. The molecule has 0 spiro atoms. The van der Waals surface area contributed by atoms with Crippen molar-refractivity contribution in [1.29, 1.82) is 0 Å². The average Bonchev–Trinajstić information content (AvgIpc) is 2.76. The molecule has 0 bridgehead atoms. The van der Waals surface area contributed by atoms with Crippen LogP contribution in [0.4, 0.5) is 0 Å². The highest BCUT2D eigenvalue weighted by Gasteiger charge is 2.25. The van der Waals surface area contributed by atoms with Crippen LogP contribution in [0.5, 0.6) is 0 Å². The molecule has 0 saturated carbocycles. The van der Waals surface area contributed by atoms with Crippen LogP contribution < -0.4 is 5.73 Å². The highest BCUT2D eigenvalue weighted by Crippen LogP contribution is 2.24. The van der Waals surface area contributed by atoms with Crippen molar-refractivity contribution in [3.05, 3.63) is 0 Å². The maximum Gasteiger partial charge on any atom is 0.144 e. The standard InChI is InChI=1S/C13H27N3O2/c1-13(2,12(14)15-18)6-3-7-16-8-4-11(10-16)5-9-17/h11,17-18H,3-10H2,1-2H3,(H2,14,15). The van der Waals surface area contributed by atoms with Gasteiger partial charge in [0, 0.05) is 18.6 Å². The Kier molecular flexibility index (Phi) is 5.88. The Balaban J connectivity index is 2.23. The van der Waals surface area contributed by atoms with E-state index in [0.717, 1.165) is 38.9 Å². The van der Waals surface area contributed by atoms with Gasteiger partial charge in [0.2, 0.25) is 0 Å². The molecule has 0 amide bonds. The number of hydrogen-bond acceptors (Lipinski definition) is 4. The Hall–Kier alpha value is -0.810. The normalized spacial score (nSPS) is 22.6. The van der Waals surface area contributed by atoms with Crippen molar-refractivity contribution < 1.29 is 10.3 Å². The van der Waals surface area contributed by atoms with E-state index in [2.05, 4.69) is 10.1 Å². The Labute approximate surface area is 110 Å². The predicted molar refractivity (Wildman–Crippen MR) is 72.7 cm³/mol. The SMILES string of the molecule is CC(C)(CCCN1CCC(CCO)C1)C(N)=NO. The molecule has 5 nitrogen and oxygen atoms in total. The number of hydrogen-bond donors (Lipinski definition) is 3. The minimum atomic E-state index is -0.237. The largest absolute Gasteiger partial charge is 0.409 e. The second kappa shape index (κ2) is 6.95. The summed E-state index contributed by atoms with van der Waals surface area (Å²) >= 11 is 0. The van der Waals surface area contributed by atoms with E-state index < -0.39 is 0 Å². The molecule has 106 valence electrons. The van der Waals surface area contributed by atoms with Gasteiger partial charge in [-0.05, 0) is 44.7 Å². The summed E-state index contributed by atoms with van der Waals surface area (Å²) in [7, 11) is 0. The van der Waals surface area contributed by atoms with Gasteiger partial charge in [0.15, 0.2) is 0 Å². The molecule has 0 aliphatic carbocycles. The maximum absolute atomic E-state index is 8.91. The molecule has 1 unspecified atom stereocenters. The van der Waals surface area contributed by atoms with Crippen LogP contribution in [-0.2, 0) is 0 Å². The number of oxime groups is 1. The lowest BCUT2D eigenvalue weighted by molar-refractivity contribution is 0.247. The fourth-order valence-electron chi connectivity index (χ4n) is 2.54. The first-order chi connectivity index (χ1) is 8.49. The number of nitrogens with two attached hydrogens (primary N) is 1. The highest BCUT2D eigenvalue weighted by molar-refractivity contribution is 5.85. The van der Waals surface area contributed by atoms with Crippen molar-refractivity contribution >= 4 is 5.84 Å². The third kappa shape index (κ3) is 4.46. The lowest BCUT2D eigenvalue weighted by atomic mass is 9.86. The third-order valence-electron chi connectivity index (χ3n) is 3.98. The van der Waals surface area contributed by atoms with E-state index in [0.29, 0.717) is 18.4 Å². The van der Waals surface area contributed by atoms with Crippen LogP contribution >= 0.6 is 0 Å². The molecule has 18 heavy (non-hydrogen) atoms. The lowest BCUT2D eigenvalue weighted by Crippen LogP contribution is -2.33. The molecule has 0 aromatic carbocycles. The minimum Gasteiger partial charge on any atom is -0.409 e. The summed E-state index contributed by atoms with van der Waals surface area (Å²) in [5.41, 5.74) is 5.43. The number of aliphatic hydroxyl groups excluding tert-OH is 1. The molecule has 0 aromatic heterocycles. The molecular formula is C13H27N3O2. The molecule has 5 heteroatoms. The van der Waals surface area contributed by atoms with Crippen LogP contribution in [0.25, 0.3) is 0 Å². The monoisotopic (exact) mass is 257 g/mol. The molecule has 1 aliphatic heterocycles. The van der Waals surface area contributed by atoms with Crippen molar-refractivity contribution in [3.8, 4) is 0 Å². The van der Waals surface area contributed by atoms with Gasteiger partial charge >= 0.3 is 0 Å². The highest BCUT2D eigenvalue weighted by atomic mass is 16.4. The molecule has 0 aromatic rings. The second-order valence-corrected chi connectivity index (χ2v) is 5.94. The molecule has 1 heterocycles. The number of nitrogens with zero attached hydrogens (tertiary/aromatic N) is 2. The third-order valence-corrected chi connectivity index (χ3v) is 3.98. The van der Waals surface area contributed by atoms with Crippen LogP contribution in [-0.4, -0.2) is 47.3 Å². The van der Waals surface area contributed by atoms with Crippen LogP contribution in [0, 0.1) is 11.3 Å². The van der Waals surface area contributed by atoms with Crippen molar-refractivity contribution in [2.45, 2.75) is 39.5 Å². The van der Waals surface area contributed by atoms with Gasteiger partial charge in [-0.25, -0.2) is 0 Å². The van der Waals surface area contributed by atoms with E-state index in [1.807, 2.05) is 13.8 Å². The van der Waals surface area contributed by atoms with Crippen molar-refractivity contribution in [3.63, 3.8) is 0 Å². The van der Waals surface area contributed by atoms with Gasteiger partial charge in [-0.15, -0.1) is 0 Å². The Bertz CT molecular complexity index is 279. The first-order valence-electron chi connectivity index (χ1n) is 6.81. The van der Waals surface area contributed by atoms with Gasteiger partial charge in [-0.2, -0.15) is 0 Å². The summed E-state index contributed by atoms with van der Waals surface area (Å²) in [5, 5.41) is 20.7. The first-order valence-corrected chi connectivity index (χ1v) is 6.81. The minimum absolute atomic E-state index is 0.237. The summed E-state index contributed by atoms with van der Waals surface area (Å²) < 4.78 is 0. The zero-order valence-corrected chi connectivity index (χ0v) is 11.6. The zero-order chi connectivity index (χ0) is 13.6. The zero-order valence-electron chi connectivity index (χ0n) is 11.6. The molecule has 1 rings (SSSR count). The number of likely N-dealkylation sites (tertiary alicyclic amines) is 1. The summed E-state index contributed by atoms with van der Waals surface area (Å²) in [6, 6.07) is 0. The molecule has 1 fully saturated rings. The van der Waals surface area contributed by atoms with Crippen molar-refractivity contribution in [2.24, 2.45) is 22.2 Å². The first kappa shape index (κ1) is 15.2. The van der Waals surface area contributed by atoms with E-state index >= 15 is 0 Å². The summed E-state index contributed by atoms with van der Waals surface area (Å²) in [4.78, 5) is 2.45. The summed E-state index contributed by atoms with van der Waals surface area (Å²) in [6.45, 7) is 7.60. The Morgan fingerprint density at radius 3 is 2.83 bits per heavy atom. The quantitative estimate of drug-likeness (QED) is 0.277. The molecule has 1 saturated heterocycles. The number of aliphatic hydroxyl groups is 1. The number of rotatable bonds is 7. The lowest BCUT2D eigenvalue weighted by Gasteiger charge is -2.24. The molecule has 4 N–H and O–H groups in total. The van der Waals surface area contributed by atoms with E-state index in [1.54, 1.807) is 0 Å². The fraction of sp³-hybridized carbons (Fsp3) is 0.923. The summed E-state index contributed by atoms with van der Waals surface area (Å²) in [5.74, 6) is 0.967. The topological polar surface area (TPSA) is 82.1 Å². The van der Waals surface area contributed by atoms with Gasteiger partial charge in [0.05, 0.1) is 0 Å². The van der Waals surface area contributed by atoms with Crippen LogP contribution in [0.3, 0.4) is 0 Å². The number of amidine groups is 1. The predicted octanol–water partition coefficient (Wildman–Crippen LogP) is 1.24. The molecule has 0 radical (unpaired) electrons. The van der Waals surface area contributed by atoms with Gasteiger partial charge < -0.3 is 20.9 Å².